The molecule has 0 aromatic carbocycles. The Morgan fingerprint density at radius 1 is 0.875 bits per heavy atom. The van der Waals surface area contributed by atoms with Crippen LogP contribution in [0.4, 0.5) is 4.79 Å². The fourth-order valence-corrected chi connectivity index (χ4v) is 2.88. The van der Waals surface area contributed by atoms with Crippen LogP contribution in [0.2, 0.25) is 0 Å². The van der Waals surface area contributed by atoms with Gasteiger partial charge in [-0.3, -0.25) is 0 Å². The van der Waals surface area contributed by atoms with E-state index in [1.165, 1.54) is 19.3 Å². The number of urea groups is 1. The second-order valence-corrected chi connectivity index (χ2v) is 5.31. The molecule has 16 heavy (non-hydrogen) atoms. The molecule has 2 rings (SSSR count). The van der Waals surface area contributed by atoms with Gasteiger partial charge in [0.1, 0.15) is 0 Å². The van der Waals surface area contributed by atoms with E-state index in [-0.39, 0.29) is 6.03 Å². The third-order valence-electron chi connectivity index (χ3n) is 3.39. The van der Waals surface area contributed by atoms with E-state index in [9.17, 15) is 4.79 Å². The molecule has 2 aliphatic heterocycles. The largest absolute Gasteiger partial charge is 0.325 e. The average molecular weight is 243 g/mol. The summed E-state index contributed by atoms with van der Waals surface area (Å²) in [6, 6.07) is 0.264. The average Bonchev–Trinajstić information content (AvgIpc) is 2.39. The molecule has 0 saturated carbocycles. The summed E-state index contributed by atoms with van der Waals surface area (Å²) in [6.45, 7) is 5.69. The Labute approximate surface area is 102 Å². The SMILES string of the molecule is CSN1CCN(C(=O)N2CCCCC2)CC1. The van der Waals surface area contributed by atoms with Gasteiger partial charge in [-0.05, 0) is 25.5 Å². The first-order valence-corrected chi connectivity index (χ1v) is 7.32. The van der Waals surface area contributed by atoms with Crippen LogP contribution in [0.5, 0.6) is 0 Å². The highest BCUT2D eigenvalue weighted by atomic mass is 32.2. The lowest BCUT2D eigenvalue weighted by Gasteiger charge is -2.37. The van der Waals surface area contributed by atoms with Crippen LogP contribution in [0.1, 0.15) is 19.3 Å². The summed E-state index contributed by atoms with van der Waals surface area (Å²) in [7, 11) is 0. The molecule has 0 N–H and O–H groups in total. The van der Waals surface area contributed by atoms with Crippen LogP contribution < -0.4 is 0 Å². The minimum atomic E-state index is 0.264. The van der Waals surface area contributed by atoms with Crippen molar-refractivity contribution in [1.82, 2.24) is 14.1 Å². The molecule has 0 aliphatic carbocycles. The Bertz CT molecular complexity index is 235. The molecule has 0 bridgehead atoms. The van der Waals surface area contributed by atoms with Gasteiger partial charge in [0.2, 0.25) is 0 Å². The van der Waals surface area contributed by atoms with E-state index < -0.39 is 0 Å². The maximum atomic E-state index is 12.2. The van der Waals surface area contributed by atoms with Crippen LogP contribution >= 0.6 is 11.9 Å². The van der Waals surface area contributed by atoms with Gasteiger partial charge in [-0.2, -0.15) is 0 Å². The predicted octanol–water partition coefficient (Wildman–Crippen LogP) is 1.49. The van der Waals surface area contributed by atoms with Crippen LogP contribution in [0.25, 0.3) is 0 Å². The van der Waals surface area contributed by atoms with Crippen LogP contribution in [0.15, 0.2) is 0 Å². The second-order valence-electron chi connectivity index (χ2n) is 4.43. The van der Waals surface area contributed by atoms with Gasteiger partial charge in [-0.15, -0.1) is 0 Å². The fraction of sp³-hybridized carbons (Fsp3) is 0.909. The predicted molar refractivity (Wildman–Crippen MR) is 67.5 cm³/mol. The molecule has 2 amide bonds. The van der Waals surface area contributed by atoms with Crippen molar-refractivity contribution in [3.63, 3.8) is 0 Å². The molecule has 0 unspecified atom stereocenters. The van der Waals surface area contributed by atoms with Gasteiger partial charge >= 0.3 is 6.03 Å². The molecule has 0 aromatic rings. The fourth-order valence-electron chi connectivity index (χ4n) is 2.35. The summed E-state index contributed by atoms with van der Waals surface area (Å²) < 4.78 is 2.32. The van der Waals surface area contributed by atoms with E-state index >= 15 is 0 Å². The highest BCUT2D eigenvalue weighted by Gasteiger charge is 2.25. The third kappa shape index (κ3) is 2.83. The number of hydrogen-bond donors (Lipinski definition) is 0. The Kier molecular flexibility index (Phi) is 4.35. The van der Waals surface area contributed by atoms with Crippen molar-refractivity contribution in [2.24, 2.45) is 0 Å². The van der Waals surface area contributed by atoms with Gasteiger partial charge < -0.3 is 9.80 Å². The van der Waals surface area contributed by atoms with Crippen LogP contribution in [0.3, 0.4) is 0 Å². The highest BCUT2D eigenvalue weighted by molar-refractivity contribution is 7.96. The zero-order valence-corrected chi connectivity index (χ0v) is 10.8. The smallest absolute Gasteiger partial charge is 0.320 e. The Morgan fingerprint density at radius 3 is 2.00 bits per heavy atom. The van der Waals surface area contributed by atoms with E-state index in [0.29, 0.717) is 0 Å². The maximum Gasteiger partial charge on any atom is 0.320 e. The minimum Gasteiger partial charge on any atom is -0.325 e. The highest BCUT2D eigenvalue weighted by Crippen LogP contribution is 2.14. The number of carbonyl (C=O) groups excluding carboxylic acids is 1. The molecule has 2 aliphatic rings. The second kappa shape index (κ2) is 5.77. The number of amides is 2. The monoisotopic (exact) mass is 243 g/mol. The lowest BCUT2D eigenvalue weighted by Crippen LogP contribution is -2.52. The molecular formula is C11H21N3OS. The summed E-state index contributed by atoms with van der Waals surface area (Å²) in [4.78, 5) is 16.2. The van der Waals surface area contributed by atoms with Crippen molar-refractivity contribution >= 4 is 18.0 Å². The molecule has 92 valence electrons. The summed E-state index contributed by atoms with van der Waals surface area (Å²) in [6.07, 6.45) is 5.74. The molecule has 2 saturated heterocycles. The molecular weight excluding hydrogens is 222 g/mol. The zero-order chi connectivity index (χ0) is 11.4. The van der Waals surface area contributed by atoms with Crippen LogP contribution in [-0.4, -0.2) is 65.7 Å². The third-order valence-corrected chi connectivity index (χ3v) is 4.28. The van der Waals surface area contributed by atoms with Crippen molar-refractivity contribution in [2.45, 2.75) is 19.3 Å². The van der Waals surface area contributed by atoms with Crippen molar-refractivity contribution in [2.75, 3.05) is 45.5 Å². The summed E-state index contributed by atoms with van der Waals surface area (Å²) in [5.74, 6) is 0. The maximum absolute atomic E-state index is 12.2. The first-order chi connectivity index (χ1) is 7.81. The van der Waals surface area contributed by atoms with Gasteiger partial charge in [0.25, 0.3) is 0 Å². The molecule has 5 heteroatoms. The summed E-state index contributed by atoms with van der Waals surface area (Å²) in [5.41, 5.74) is 0. The first-order valence-electron chi connectivity index (χ1n) is 6.14. The lowest BCUT2D eigenvalue weighted by atomic mass is 10.1. The van der Waals surface area contributed by atoms with Gasteiger partial charge in [0, 0.05) is 39.3 Å². The first kappa shape index (κ1) is 12.0. The Morgan fingerprint density at radius 2 is 1.44 bits per heavy atom. The van der Waals surface area contributed by atoms with Crippen molar-refractivity contribution in [3.05, 3.63) is 0 Å². The standard InChI is InChI=1S/C11H21N3OS/c1-16-14-9-7-13(8-10-14)11(15)12-5-3-2-4-6-12/h2-10H2,1H3. The minimum absolute atomic E-state index is 0.264. The molecule has 4 nitrogen and oxygen atoms in total. The number of hydrogen-bond acceptors (Lipinski definition) is 3. The topological polar surface area (TPSA) is 26.8 Å². The van der Waals surface area contributed by atoms with Gasteiger partial charge in [-0.25, -0.2) is 9.10 Å². The quantitative estimate of drug-likeness (QED) is 0.653. The number of likely N-dealkylation sites (tertiary alicyclic amines) is 1. The number of rotatable bonds is 1. The van der Waals surface area contributed by atoms with Gasteiger partial charge in [0.15, 0.2) is 0 Å². The zero-order valence-electron chi connectivity index (χ0n) is 10.0. The number of piperazine rings is 1. The molecule has 2 fully saturated rings. The Balaban J connectivity index is 1.81. The van der Waals surface area contributed by atoms with Crippen LogP contribution in [-0.2, 0) is 0 Å². The Hall–Kier alpha value is -0.420. The number of carbonyl (C=O) groups is 1. The molecule has 2 heterocycles. The van der Waals surface area contributed by atoms with E-state index in [0.717, 1.165) is 39.3 Å². The normalized spacial score (nSPS) is 23.6. The summed E-state index contributed by atoms with van der Waals surface area (Å²) in [5, 5.41) is 0. The number of piperidine rings is 1. The molecule has 0 spiro atoms. The van der Waals surface area contributed by atoms with E-state index in [4.69, 9.17) is 0 Å². The molecule has 0 atom stereocenters. The van der Waals surface area contributed by atoms with E-state index in [1.807, 2.05) is 9.80 Å². The van der Waals surface area contributed by atoms with Gasteiger partial charge in [-0.1, -0.05) is 11.9 Å². The summed E-state index contributed by atoms with van der Waals surface area (Å²) >= 11 is 1.78. The van der Waals surface area contributed by atoms with Crippen molar-refractivity contribution in [3.8, 4) is 0 Å². The van der Waals surface area contributed by atoms with Gasteiger partial charge in [0.05, 0.1) is 0 Å². The van der Waals surface area contributed by atoms with Crippen LogP contribution in [0, 0.1) is 0 Å². The van der Waals surface area contributed by atoms with E-state index in [1.54, 1.807) is 11.9 Å². The lowest BCUT2D eigenvalue weighted by molar-refractivity contribution is 0.128. The number of nitrogens with zero attached hydrogens (tertiary/aromatic N) is 3. The van der Waals surface area contributed by atoms with Crippen molar-refractivity contribution in [1.29, 1.82) is 0 Å². The van der Waals surface area contributed by atoms with E-state index in [2.05, 4.69) is 10.6 Å². The molecule has 0 aromatic heterocycles. The van der Waals surface area contributed by atoms with Crippen molar-refractivity contribution < 1.29 is 4.79 Å². The molecule has 0 radical (unpaired) electrons.